The Morgan fingerprint density at radius 3 is 2.47 bits per heavy atom. The van der Waals surface area contributed by atoms with Crippen LogP contribution in [0.15, 0.2) is 41.6 Å². The van der Waals surface area contributed by atoms with E-state index in [2.05, 4.69) is 15.4 Å². The van der Waals surface area contributed by atoms with Crippen molar-refractivity contribution in [1.29, 1.82) is 0 Å². The molecule has 0 bridgehead atoms. The van der Waals surface area contributed by atoms with Crippen molar-refractivity contribution in [3.63, 3.8) is 0 Å². The quantitative estimate of drug-likeness (QED) is 0.494. The Morgan fingerprint density at radius 1 is 1.08 bits per heavy atom. The topological polar surface area (TPSA) is 105 Å². The molecule has 2 saturated carbocycles. The molecule has 9 nitrogen and oxygen atoms in total. The molecule has 2 aliphatic carbocycles. The Kier molecular flexibility index (Phi) is 6.77. The highest BCUT2D eigenvalue weighted by Crippen LogP contribution is 2.31. The molecular formula is C28H35FN6O3. The van der Waals surface area contributed by atoms with Gasteiger partial charge in [0.05, 0.1) is 24.0 Å². The van der Waals surface area contributed by atoms with Gasteiger partial charge in [-0.15, -0.1) is 0 Å². The third kappa shape index (κ3) is 5.24. The van der Waals surface area contributed by atoms with Gasteiger partial charge in [-0.1, -0.05) is 0 Å². The Bertz CT molecular complexity index is 1350. The van der Waals surface area contributed by atoms with Gasteiger partial charge in [-0.2, -0.15) is 5.10 Å². The molecule has 1 amide bonds. The van der Waals surface area contributed by atoms with E-state index < -0.39 is 5.60 Å². The van der Waals surface area contributed by atoms with Crippen LogP contribution in [-0.2, 0) is 11.3 Å². The van der Waals surface area contributed by atoms with E-state index in [4.69, 9.17) is 0 Å². The van der Waals surface area contributed by atoms with Crippen LogP contribution in [0, 0.1) is 17.7 Å². The van der Waals surface area contributed by atoms with Gasteiger partial charge in [0.1, 0.15) is 17.5 Å². The number of nitrogens with zero attached hydrogens (tertiary/aromatic N) is 5. The minimum atomic E-state index is -1.09. The average molecular weight is 523 g/mol. The summed E-state index contributed by atoms with van der Waals surface area (Å²) in [5.74, 6) is 0.799. The summed E-state index contributed by atoms with van der Waals surface area (Å²) in [4.78, 5) is 32.7. The van der Waals surface area contributed by atoms with Crippen LogP contribution in [0.5, 0.6) is 0 Å². The van der Waals surface area contributed by atoms with E-state index in [1.54, 1.807) is 12.1 Å². The molecule has 10 heteroatoms. The molecule has 0 unspecified atom stereocenters. The van der Waals surface area contributed by atoms with Crippen LogP contribution in [-0.4, -0.2) is 66.5 Å². The maximum absolute atomic E-state index is 13.3. The maximum atomic E-state index is 13.3. The standard InChI is InChI=1S/C28H35FN6O3/c29-21-5-9-23(10-6-21)35-25-24(16-32-35)27(37)34(18-31-25)17-28(38)11-13-33(14-12-28)26(36)20-3-7-22(8-4-20)30-15-19-1-2-19/h5-6,9-10,16,18-20,22,30,38H,1-4,7-8,11-15,17H2. The number of fused-ring (bicyclic) bond motifs is 1. The van der Waals surface area contributed by atoms with Crippen LogP contribution in [0.2, 0.25) is 0 Å². The van der Waals surface area contributed by atoms with Crippen molar-refractivity contribution < 1.29 is 14.3 Å². The predicted octanol–water partition coefficient (Wildman–Crippen LogP) is 2.63. The van der Waals surface area contributed by atoms with Gasteiger partial charge in [-0.05, 0) is 88.1 Å². The molecule has 3 heterocycles. The summed E-state index contributed by atoms with van der Waals surface area (Å²) in [5.41, 5.74) is -0.400. The van der Waals surface area contributed by atoms with E-state index >= 15 is 0 Å². The van der Waals surface area contributed by atoms with E-state index in [-0.39, 0.29) is 29.7 Å². The summed E-state index contributed by atoms with van der Waals surface area (Å²) in [6.45, 7) is 2.21. The Balaban J connectivity index is 1.06. The molecule has 0 atom stereocenters. The van der Waals surface area contributed by atoms with Gasteiger partial charge in [0.2, 0.25) is 5.91 Å². The molecule has 3 aliphatic rings. The minimum Gasteiger partial charge on any atom is -0.388 e. The van der Waals surface area contributed by atoms with E-state index in [1.165, 1.54) is 46.7 Å². The number of aromatic nitrogens is 4. The molecule has 1 aromatic carbocycles. The van der Waals surface area contributed by atoms with Crippen molar-refractivity contribution in [1.82, 2.24) is 29.5 Å². The number of piperidine rings is 1. The number of hydrogen-bond donors (Lipinski definition) is 2. The molecule has 38 heavy (non-hydrogen) atoms. The number of hydrogen-bond acceptors (Lipinski definition) is 6. The normalized spacial score (nSPS) is 23.6. The number of amides is 1. The second kappa shape index (κ2) is 10.2. The number of carbonyl (C=O) groups excluding carboxylic acids is 1. The first-order chi connectivity index (χ1) is 18.4. The van der Waals surface area contributed by atoms with Crippen molar-refractivity contribution >= 4 is 16.9 Å². The van der Waals surface area contributed by atoms with Gasteiger partial charge >= 0.3 is 0 Å². The summed E-state index contributed by atoms with van der Waals surface area (Å²) in [6.07, 6.45) is 10.4. The van der Waals surface area contributed by atoms with Gasteiger partial charge in [-0.3, -0.25) is 14.2 Å². The van der Waals surface area contributed by atoms with Crippen molar-refractivity contribution in [3.05, 3.63) is 53.0 Å². The molecule has 0 radical (unpaired) electrons. The number of benzene rings is 1. The third-order valence-electron chi connectivity index (χ3n) is 8.56. The van der Waals surface area contributed by atoms with E-state index in [9.17, 15) is 19.1 Å². The fourth-order valence-corrected chi connectivity index (χ4v) is 5.91. The number of aliphatic hydroxyl groups is 1. The van der Waals surface area contributed by atoms with Gasteiger partial charge in [-0.25, -0.2) is 14.1 Å². The number of halogens is 1. The second-order valence-electron chi connectivity index (χ2n) is 11.4. The molecule has 1 saturated heterocycles. The second-order valence-corrected chi connectivity index (χ2v) is 11.4. The molecule has 202 valence electrons. The van der Waals surface area contributed by atoms with Gasteiger partial charge in [0.15, 0.2) is 5.65 Å². The lowest BCUT2D eigenvalue weighted by molar-refractivity contribution is -0.141. The monoisotopic (exact) mass is 522 g/mol. The van der Waals surface area contributed by atoms with Crippen LogP contribution in [0.1, 0.15) is 51.4 Å². The molecule has 2 N–H and O–H groups in total. The Morgan fingerprint density at radius 2 is 1.79 bits per heavy atom. The van der Waals surface area contributed by atoms with Crippen molar-refractivity contribution in [3.8, 4) is 5.69 Å². The minimum absolute atomic E-state index is 0.0760. The molecule has 3 fully saturated rings. The summed E-state index contributed by atoms with van der Waals surface area (Å²) in [7, 11) is 0. The largest absolute Gasteiger partial charge is 0.388 e. The fraction of sp³-hybridized carbons (Fsp3) is 0.571. The lowest BCUT2D eigenvalue weighted by atomic mass is 9.84. The lowest BCUT2D eigenvalue weighted by Crippen LogP contribution is -2.51. The van der Waals surface area contributed by atoms with Crippen molar-refractivity contribution in [2.45, 2.75) is 69.6 Å². The first-order valence-corrected chi connectivity index (χ1v) is 13.8. The van der Waals surface area contributed by atoms with Gasteiger partial charge in [0, 0.05) is 25.0 Å². The zero-order valence-electron chi connectivity index (χ0n) is 21.6. The van der Waals surface area contributed by atoms with Crippen molar-refractivity contribution in [2.24, 2.45) is 11.8 Å². The summed E-state index contributed by atoms with van der Waals surface area (Å²) < 4.78 is 16.2. The summed E-state index contributed by atoms with van der Waals surface area (Å²) in [6, 6.07) is 6.34. The van der Waals surface area contributed by atoms with Gasteiger partial charge < -0.3 is 15.3 Å². The predicted molar refractivity (Wildman–Crippen MR) is 140 cm³/mol. The zero-order valence-corrected chi connectivity index (χ0v) is 21.6. The maximum Gasteiger partial charge on any atom is 0.264 e. The average Bonchev–Trinajstić information content (AvgIpc) is 3.66. The van der Waals surface area contributed by atoms with Crippen molar-refractivity contribution in [2.75, 3.05) is 19.6 Å². The van der Waals surface area contributed by atoms with Gasteiger partial charge in [0.25, 0.3) is 5.56 Å². The molecule has 0 spiro atoms. The first-order valence-electron chi connectivity index (χ1n) is 13.8. The third-order valence-corrected chi connectivity index (χ3v) is 8.56. The molecule has 3 aromatic rings. The zero-order chi connectivity index (χ0) is 26.3. The number of rotatable bonds is 7. The Hall–Kier alpha value is -3.11. The molecule has 1 aliphatic heterocycles. The van der Waals surface area contributed by atoms with E-state index in [1.807, 2.05) is 4.90 Å². The fourth-order valence-electron chi connectivity index (χ4n) is 5.91. The smallest absolute Gasteiger partial charge is 0.264 e. The highest BCUT2D eigenvalue weighted by molar-refractivity contribution is 5.79. The van der Waals surface area contributed by atoms with E-state index in [0.717, 1.165) is 38.1 Å². The first kappa shape index (κ1) is 25.2. The van der Waals surface area contributed by atoms with Crippen LogP contribution in [0.4, 0.5) is 4.39 Å². The lowest BCUT2D eigenvalue weighted by Gasteiger charge is -2.40. The highest BCUT2D eigenvalue weighted by Gasteiger charge is 2.37. The number of likely N-dealkylation sites (tertiary alicyclic amines) is 1. The molecule has 2 aromatic heterocycles. The SMILES string of the molecule is O=C(C1CCC(NCC2CC2)CC1)N1CCC(O)(Cn2cnc3c(cnn3-c3ccc(F)cc3)c2=O)CC1. The van der Waals surface area contributed by atoms with E-state index in [0.29, 0.717) is 48.7 Å². The number of nitrogens with one attached hydrogen (secondary N) is 1. The number of carbonyl (C=O) groups is 1. The summed E-state index contributed by atoms with van der Waals surface area (Å²) >= 11 is 0. The molecular weight excluding hydrogens is 487 g/mol. The summed E-state index contributed by atoms with van der Waals surface area (Å²) in [5, 5.41) is 19.6. The van der Waals surface area contributed by atoms with Crippen LogP contribution >= 0.6 is 0 Å². The van der Waals surface area contributed by atoms with Crippen LogP contribution in [0.25, 0.3) is 16.7 Å². The highest BCUT2D eigenvalue weighted by atomic mass is 19.1. The molecule has 6 rings (SSSR count). The van der Waals surface area contributed by atoms with Crippen LogP contribution in [0.3, 0.4) is 0 Å². The Labute approximate surface area is 220 Å². The van der Waals surface area contributed by atoms with Crippen LogP contribution < -0.4 is 10.9 Å².